The van der Waals surface area contributed by atoms with Crippen LogP contribution in [0.3, 0.4) is 0 Å². The minimum Gasteiger partial charge on any atom is -0.344 e. The molecule has 0 saturated carbocycles. The largest absolute Gasteiger partial charge is 0.344 e. The summed E-state index contributed by atoms with van der Waals surface area (Å²) in [6, 6.07) is 14.0. The van der Waals surface area contributed by atoms with Gasteiger partial charge >= 0.3 is 0 Å². The molecule has 1 aromatic carbocycles. The molecule has 0 aliphatic rings. The second-order valence-corrected chi connectivity index (χ2v) is 7.56. The fraction of sp³-hybridized carbons (Fsp3) is 0.190. The smallest absolute Gasteiger partial charge is 0.196 e. The molecule has 3 aromatic heterocycles. The van der Waals surface area contributed by atoms with Crippen LogP contribution in [0.2, 0.25) is 0 Å². The van der Waals surface area contributed by atoms with Gasteiger partial charge < -0.3 is 4.57 Å². The number of halogens is 1. The molecule has 0 N–H and O–H groups in total. The summed E-state index contributed by atoms with van der Waals surface area (Å²) in [5.74, 6) is 0.0889. The Morgan fingerprint density at radius 3 is 2.68 bits per heavy atom. The molecular weight excluding hydrogens is 375 g/mol. The molecule has 3 heterocycles. The number of aryl methyl sites for hydroxylation is 1. The van der Waals surface area contributed by atoms with Gasteiger partial charge in [0.1, 0.15) is 5.82 Å². The van der Waals surface area contributed by atoms with E-state index in [0.717, 1.165) is 22.6 Å². The third-order valence-electron chi connectivity index (χ3n) is 4.74. The Bertz CT molecular complexity index is 1150. The Balaban J connectivity index is 1.51. The van der Waals surface area contributed by atoms with E-state index in [0.29, 0.717) is 17.3 Å². The van der Waals surface area contributed by atoms with Crippen LogP contribution in [0, 0.1) is 19.7 Å². The number of carbonyl (C=O) groups excluding carboxylic acids is 1. The quantitative estimate of drug-likeness (QED) is 0.361. The van der Waals surface area contributed by atoms with Crippen LogP contribution in [-0.2, 0) is 6.54 Å². The molecule has 0 amide bonds. The van der Waals surface area contributed by atoms with Gasteiger partial charge in [-0.2, -0.15) is 0 Å². The molecule has 0 aliphatic heterocycles. The van der Waals surface area contributed by atoms with Crippen LogP contribution in [0.4, 0.5) is 4.39 Å². The van der Waals surface area contributed by atoms with Crippen LogP contribution < -0.4 is 0 Å². The molecule has 4 rings (SSSR count). The van der Waals surface area contributed by atoms with Crippen molar-refractivity contribution in [3.05, 3.63) is 83.1 Å². The van der Waals surface area contributed by atoms with E-state index in [2.05, 4.69) is 14.8 Å². The first-order valence-corrected chi connectivity index (χ1v) is 9.88. The van der Waals surface area contributed by atoms with Gasteiger partial charge in [-0.15, -0.1) is 10.2 Å². The van der Waals surface area contributed by atoms with Gasteiger partial charge in [-0.1, -0.05) is 30.0 Å². The Labute approximate surface area is 166 Å². The number of pyridine rings is 1. The maximum atomic E-state index is 13.1. The summed E-state index contributed by atoms with van der Waals surface area (Å²) in [7, 11) is 0. The fourth-order valence-electron chi connectivity index (χ4n) is 3.22. The normalized spacial score (nSPS) is 11.2. The number of aromatic nitrogens is 4. The third-order valence-corrected chi connectivity index (χ3v) is 5.69. The number of hydrogen-bond donors (Lipinski definition) is 0. The molecule has 0 aliphatic carbocycles. The summed E-state index contributed by atoms with van der Waals surface area (Å²) in [5.41, 5.74) is 4.38. The summed E-state index contributed by atoms with van der Waals surface area (Å²) in [5, 5.41) is 8.96. The number of hydrogen-bond acceptors (Lipinski definition) is 4. The van der Waals surface area contributed by atoms with Gasteiger partial charge in [0.2, 0.25) is 0 Å². The second kappa shape index (κ2) is 7.59. The van der Waals surface area contributed by atoms with E-state index >= 15 is 0 Å². The standard InChI is InChI=1S/C21H19FN4OS/c1-14-11-18(15(2)26(14)12-16-6-8-17(22)9-7-16)19(27)13-28-21-24-23-20-5-3-4-10-25(20)21/h3-11H,12-13H2,1-2H3. The molecule has 0 fully saturated rings. The minimum atomic E-state index is -0.251. The summed E-state index contributed by atoms with van der Waals surface area (Å²) in [6.45, 7) is 4.53. The SMILES string of the molecule is Cc1cc(C(=O)CSc2nnc3ccccn23)c(C)n1Cc1ccc(F)cc1. The van der Waals surface area contributed by atoms with Gasteiger partial charge in [0.05, 0.1) is 5.75 Å². The molecule has 5 nitrogen and oxygen atoms in total. The van der Waals surface area contributed by atoms with Crippen molar-refractivity contribution < 1.29 is 9.18 Å². The van der Waals surface area contributed by atoms with Gasteiger partial charge in [-0.25, -0.2) is 4.39 Å². The maximum absolute atomic E-state index is 13.1. The van der Waals surface area contributed by atoms with E-state index in [1.165, 1.54) is 23.9 Å². The predicted octanol–water partition coefficient (Wildman–Crippen LogP) is 4.31. The molecular formula is C21H19FN4OS. The van der Waals surface area contributed by atoms with Gasteiger partial charge in [0, 0.05) is 29.7 Å². The van der Waals surface area contributed by atoms with Crippen LogP contribution in [0.1, 0.15) is 27.3 Å². The van der Waals surface area contributed by atoms with Crippen molar-refractivity contribution in [2.75, 3.05) is 5.75 Å². The zero-order valence-corrected chi connectivity index (χ0v) is 16.4. The van der Waals surface area contributed by atoms with Gasteiger partial charge in [-0.3, -0.25) is 9.20 Å². The zero-order valence-electron chi connectivity index (χ0n) is 15.6. The van der Waals surface area contributed by atoms with Crippen molar-refractivity contribution in [2.24, 2.45) is 0 Å². The summed E-state index contributed by atoms with van der Waals surface area (Å²) in [4.78, 5) is 12.8. The van der Waals surface area contributed by atoms with Crippen molar-refractivity contribution >= 4 is 23.2 Å². The lowest BCUT2D eigenvalue weighted by Crippen LogP contribution is -2.08. The molecule has 0 radical (unpaired) electrons. The summed E-state index contributed by atoms with van der Waals surface area (Å²) >= 11 is 1.38. The number of Topliss-reactive ketones (excluding diaryl/α,β-unsaturated/α-hetero) is 1. The number of carbonyl (C=O) groups is 1. The van der Waals surface area contributed by atoms with Crippen LogP contribution in [0.25, 0.3) is 5.65 Å². The van der Waals surface area contributed by atoms with E-state index in [-0.39, 0.29) is 17.4 Å². The highest BCUT2D eigenvalue weighted by molar-refractivity contribution is 7.99. The van der Waals surface area contributed by atoms with Gasteiger partial charge in [0.15, 0.2) is 16.6 Å². The number of benzene rings is 1. The Kier molecular flexibility index (Phi) is 5.00. The molecule has 0 bridgehead atoms. The number of fused-ring (bicyclic) bond motifs is 1. The van der Waals surface area contributed by atoms with Crippen molar-refractivity contribution in [3.63, 3.8) is 0 Å². The summed E-state index contributed by atoms with van der Waals surface area (Å²) < 4.78 is 17.1. The second-order valence-electron chi connectivity index (χ2n) is 6.62. The first kappa shape index (κ1) is 18.4. The number of thioether (sulfide) groups is 1. The average Bonchev–Trinajstić information content (AvgIpc) is 3.24. The monoisotopic (exact) mass is 394 g/mol. The van der Waals surface area contributed by atoms with Crippen LogP contribution in [0.5, 0.6) is 0 Å². The number of ketones is 1. The van der Waals surface area contributed by atoms with E-state index in [1.54, 1.807) is 12.1 Å². The molecule has 0 unspecified atom stereocenters. The van der Waals surface area contributed by atoms with Crippen molar-refractivity contribution in [2.45, 2.75) is 25.5 Å². The van der Waals surface area contributed by atoms with Gasteiger partial charge in [0.25, 0.3) is 0 Å². The molecule has 4 aromatic rings. The van der Waals surface area contributed by atoms with E-state index in [4.69, 9.17) is 0 Å². The van der Waals surface area contributed by atoms with E-state index in [1.807, 2.05) is 48.7 Å². The Morgan fingerprint density at radius 1 is 1.11 bits per heavy atom. The lowest BCUT2D eigenvalue weighted by Gasteiger charge is -2.10. The predicted molar refractivity (Wildman–Crippen MR) is 107 cm³/mol. The van der Waals surface area contributed by atoms with Crippen molar-refractivity contribution in [1.82, 2.24) is 19.2 Å². The molecule has 0 saturated heterocycles. The first-order valence-electron chi connectivity index (χ1n) is 8.90. The number of nitrogens with zero attached hydrogens (tertiary/aromatic N) is 4. The van der Waals surface area contributed by atoms with Gasteiger partial charge in [-0.05, 0) is 49.7 Å². The van der Waals surface area contributed by atoms with E-state index in [9.17, 15) is 9.18 Å². The lowest BCUT2D eigenvalue weighted by atomic mass is 10.2. The highest BCUT2D eigenvalue weighted by Gasteiger charge is 2.17. The zero-order chi connectivity index (χ0) is 19.7. The molecule has 28 heavy (non-hydrogen) atoms. The third kappa shape index (κ3) is 3.57. The molecule has 142 valence electrons. The first-order chi connectivity index (χ1) is 13.5. The molecule has 0 spiro atoms. The van der Waals surface area contributed by atoms with Crippen LogP contribution in [0.15, 0.2) is 59.9 Å². The van der Waals surface area contributed by atoms with Crippen molar-refractivity contribution in [1.29, 1.82) is 0 Å². The van der Waals surface area contributed by atoms with Crippen LogP contribution in [-0.4, -0.2) is 30.7 Å². The highest BCUT2D eigenvalue weighted by Crippen LogP contribution is 2.22. The highest BCUT2D eigenvalue weighted by atomic mass is 32.2. The Hall–Kier alpha value is -2.93. The summed E-state index contributed by atoms with van der Waals surface area (Å²) in [6.07, 6.45) is 1.89. The molecule has 0 atom stereocenters. The topological polar surface area (TPSA) is 52.2 Å². The number of rotatable bonds is 6. The minimum absolute atomic E-state index is 0.0520. The van der Waals surface area contributed by atoms with Crippen molar-refractivity contribution in [3.8, 4) is 0 Å². The molecule has 7 heteroatoms. The maximum Gasteiger partial charge on any atom is 0.196 e. The fourth-order valence-corrected chi connectivity index (χ4v) is 4.03. The van der Waals surface area contributed by atoms with E-state index < -0.39 is 0 Å². The average molecular weight is 394 g/mol. The van der Waals surface area contributed by atoms with Crippen LogP contribution >= 0.6 is 11.8 Å². The lowest BCUT2D eigenvalue weighted by molar-refractivity contribution is 0.102. The Morgan fingerprint density at radius 2 is 1.89 bits per heavy atom.